The lowest BCUT2D eigenvalue weighted by Gasteiger charge is -2.21. The molecule has 0 saturated heterocycles. The first-order chi connectivity index (χ1) is 15.3. The number of nitrogens with zero attached hydrogens (tertiary/aromatic N) is 3. The number of ether oxygens (including phenoxy) is 2. The fourth-order valence-electron chi connectivity index (χ4n) is 3.72. The zero-order valence-electron chi connectivity index (χ0n) is 17.2. The van der Waals surface area contributed by atoms with Gasteiger partial charge in [0.05, 0.1) is 36.5 Å². The minimum atomic E-state index is 0.115. The van der Waals surface area contributed by atoms with E-state index in [9.17, 15) is 0 Å². The van der Waals surface area contributed by atoms with E-state index in [1.54, 1.807) is 36.9 Å². The molecule has 0 amide bonds. The average Bonchev–Trinajstić information content (AvgIpc) is 3.59. The van der Waals surface area contributed by atoms with Crippen molar-refractivity contribution in [3.05, 3.63) is 81.9 Å². The van der Waals surface area contributed by atoms with Gasteiger partial charge in [0.15, 0.2) is 0 Å². The third kappa shape index (κ3) is 3.82. The van der Waals surface area contributed by atoms with E-state index >= 15 is 0 Å². The topological polar surface area (TPSA) is 47.0 Å². The van der Waals surface area contributed by atoms with Gasteiger partial charge in [0.1, 0.15) is 11.5 Å². The molecule has 0 radical (unpaired) electrons. The normalized spacial score (nSPS) is 15.7. The highest BCUT2D eigenvalue weighted by molar-refractivity contribution is 7.14. The number of methoxy groups -OCH3 is 2. The molecule has 0 fully saturated rings. The van der Waals surface area contributed by atoms with E-state index in [2.05, 4.69) is 46.8 Å². The number of benzene rings is 2. The fraction of sp³-hybridized carbons (Fsp3) is 0.167. The van der Waals surface area contributed by atoms with E-state index in [1.165, 1.54) is 10.4 Å². The Kier molecular flexibility index (Phi) is 5.44. The zero-order valence-corrected chi connectivity index (χ0v) is 18.8. The Hall–Kier alpha value is -3.16. The molecule has 0 bridgehead atoms. The Labute approximate surface area is 189 Å². The second kappa shape index (κ2) is 8.53. The first-order valence-electron chi connectivity index (χ1n) is 9.90. The van der Waals surface area contributed by atoms with Gasteiger partial charge in [0.2, 0.25) is 5.13 Å². The van der Waals surface area contributed by atoms with Crippen LogP contribution in [-0.4, -0.2) is 24.9 Å². The molecule has 31 heavy (non-hydrogen) atoms. The number of rotatable bonds is 6. The third-order valence-corrected chi connectivity index (χ3v) is 7.02. The second-order valence-corrected chi connectivity index (χ2v) is 8.86. The first-order valence-corrected chi connectivity index (χ1v) is 11.7. The molecule has 2 aromatic carbocycles. The van der Waals surface area contributed by atoms with Crippen molar-refractivity contribution in [2.75, 3.05) is 19.2 Å². The predicted octanol–water partition coefficient (Wildman–Crippen LogP) is 6.24. The summed E-state index contributed by atoms with van der Waals surface area (Å²) in [4.78, 5) is 6.15. The van der Waals surface area contributed by atoms with E-state index in [4.69, 9.17) is 19.6 Å². The van der Waals surface area contributed by atoms with Gasteiger partial charge in [-0.1, -0.05) is 36.4 Å². The first kappa shape index (κ1) is 19.8. The van der Waals surface area contributed by atoms with Crippen molar-refractivity contribution >= 4 is 33.5 Å². The van der Waals surface area contributed by atoms with Crippen LogP contribution in [0.15, 0.2) is 76.5 Å². The summed E-state index contributed by atoms with van der Waals surface area (Å²) in [7, 11) is 3.33. The molecule has 1 atom stereocenters. The lowest BCUT2D eigenvalue weighted by atomic mass is 10.0. The summed E-state index contributed by atoms with van der Waals surface area (Å²) >= 11 is 3.31. The Morgan fingerprint density at radius 3 is 2.58 bits per heavy atom. The number of aromatic nitrogens is 1. The maximum absolute atomic E-state index is 5.56. The summed E-state index contributed by atoms with van der Waals surface area (Å²) < 4.78 is 11.0. The van der Waals surface area contributed by atoms with Crippen LogP contribution in [0.2, 0.25) is 0 Å². The van der Waals surface area contributed by atoms with Crippen molar-refractivity contribution in [3.63, 3.8) is 0 Å². The second-order valence-electron chi connectivity index (χ2n) is 7.08. The van der Waals surface area contributed by atoms with Crippen LogP contribution in [-0.2, 0) is 0 Å². The minimum absolute atomic E-state index is 0.115. The molecule has 7 heteroatoms. The van der Waals surface area contributed by atoms with E-state index in [-0.39, 0.29) is 6.04 Å². The molecule has 0 spiro atoms. The largest absolute Gasteiger partial charge is 0.497 e. The zero-order chi connectivity index (χ0) is 21.2. The molecule has 2 aromatic heterocycles. The van der Waals surface area contributed by atoms with Crippen molar-refractivity contribution in [1.82, 2.24) is 4.98 Å². The van der Waals surface area contributed by atoms with Crippen LogP contribution in [0.3, 0.4) is 0 Å². The number of thiazole rings is 1. The van der Waals surface area contributed by atoms with Gasteiger partial charge in [0.25, 0.3) is 0 Å². The summed E-state index contributed by atoms with van der Waals surface area (Å²) in [5, 5.41) is 12.1. The van der Waals surface area contributed by atoms with Gasteiger partial charge < -0.3 is 9.47 Å². The molecular weight excluding hydrogens is 426 g/mol. The van der Waals surface area contributed by atoms with Gasteiger partial charge in [0, 0.05) is 17.4 Å². The standard InChI is InChI=1S/C24H21N3O2S2/c1-28-17-10-11-22(29-2)18(13-17)20-15-31-24(25-20)27-21(16-7-4-3-5-8-16)14-19(26-27)23-9-6-12-30-23/h3-13,15,21H,14H2,1-2H3/t21-/m1/s1. The molecule has 0 saturated carbocycles. The quantitative estimate of drug-likeness (QED) is 0.351. The summed E-state index contributed by atoms with van der Waals surface area (Å²) in [6.07, 6.45) is 0.849. The van der Waals surface area contributed by atoms with Gasteiger partial charge in [-0.25, -0.2) is 9.99 Å². The van der Waals surface area contributed by atoms with E-state index in [0.717, 1.165) is 40.0 Å². The van der Waals surface area contributed by atoms with Crippen LogP contribution in [0, 0.1) is 0 Å². The van der Waals surface area contributed by atoms with Crippen LogP contribution in [0.5, 0.6) is 11.5 Å². The van der Waals surface area contributed by atoms with Crippen molar-refractivity contribution in [2.24, 2.45) is 5.10 Å². The highest BCUT2D eigenvalue weighted by atomic mass is 32.1. The Morgan fingerprint density at radius 2 is 1.84 bits per heavy atom. The van der Waals surface area contributed by atoms with Gasteiger partial charge in [-0.05, 0) is 35.2 Å². The van der Waals surface area contributed by atoms with Crippen LogP contribution in [0.25, 0.3) is 11.3 Å². The highest BCUT2D eigenvalue weighted by Gasteiger charge is 2.32. The van der Waals surface area contributed by atoms with Crippen LogP contribution in [0.4, 0.5) is 5.13 Å². The van der Waals surface area contributed by atoms with Crippen molar-refractivity contribution < 1.29 is 9.47 Å². The molecule has 3 heterocycles. The molecular formula is C24H21N3O2S2. The molecule has 1 aliphatic heterocycles. The predicted molar refractivity (Wildman–Crippen MR) is 128 cm³/mol. The van der Waals surface area contributed by atoms with Gasteiger partial charge in [-0.3, -0.25) is 0 Å². The number of thiophene rings is 1. The van der Waals surface area contributed by atoms with Crippen molar-refractivity contribution in [1.29, 1.82) is 0 Å². The molecule has 0 aliphatic carbocycles. The highest BCUT2D eigenvalue weighted by Crippen LogP contribution is 2.41. The number of anilines is 1. The summed E-state index contributed by atoms with van der Waals surface area (Å²) in [5.74, 6) is 1.54. The van der Waals surface area contributed by atoms with Crippen LogP contribution < -0.4 is 14.5 Å². The van der Waals surface area contributed by atoms with Crippen LogP contribution >= 0.6 is 22.7 Å². The SMILES string of the molecule is COc1ccc(OC)c(-c2csc(N3N=C(c4cccs4)C[C@@H]3c3ccccc3)n2)c1. The lowest BCUT2D eigenvalue weighted by Crippen LogP contribution is -2.18. The Morgan fingerprint density at radius 1 is 0.968 bits per heavy atom. The number of hydrogen-bond acceptors (Lipinski definition) is 7. The van der Waals surface area contributed by atoms with Crippen molar-refractivity contribution in [2.45, 2.75) is 12.5 Å². The van der Waals surface area contributed by atoms with E-state index in [0.29, 0.717) is 0 Å². The van der Waals surface area contributed by atoms with E-state index in [1.807, 2.05) is 29.6 Å². The summed E-state index contributed by atoms with van der Waals surface area (Å²) in [6, 6.07) is 20.6. The molecule has 1 aliphatic rings. The smallest absolute Gasteiger partial charge is 0.207 e. The molecule has 5 nitrogen and oxygen atoms in total. The molecule has 5 rings (SSSR count). The third-order valence-electron chi connectivity index (χ3n) is 5.27. The number of hydrogen-bond donors (Lipinski definition) is 0. The molecule has 0 unspecified atom stereocenters. The average molecular weight is 448 g/mol. The Bertz CT molecular complexity index is 1200. The number of hydrazone groups is 1. The molecule has 156 valence electrons. The summed E-state index contributed by atoms with van der Waals surface area (Å²) in [6.45, 7) is 0. The van der Waals surface area contributed by atoms with Crippen LogP contribution in [0.1, 0.15) is 22.9 Å². The molecule has 0 N–H and O–H groups in total. The van der Waals surface area contributed by atoms with Crippen molar-refractivity contribution in [3.8, 4) is 22.8 Å². The van der Waals surface area contributed by atoms with E-state index < -0.39 is 0 Å². The fourth-order valence-corrected chi connectivity index (χ4v) is 5.27. The maximum Gasteiger partial charge on any atom is 0.207 e. The minimum Gasteiger partial charge on any atom is -0.497 e. The molecule has 4 aromatic rings. The van der Waals surface area contributed by atoms with Gasteiger partial charge >= 0.3 is 0 Å². The summed E-state index contributed by atoms with van der Waals surface area (Å²) in [5.41, 5.74) is 4.08. The van der Waals surface area contributed by atoms with Gasteiger partial charge in [-0.2, -0.15) is 5.10 Å². The Balaban J connectivity index is 1.54. The monoisotopic (exact) mass is 447 g/mol. The lowest BCUT2D eigenvalue weighted by molar-refractivity contribution is 0.404. The van der Waals surface area contributed by atoms with Gasteiger partial charge in [-0.15, -0.1) is 22.7 Å². The maximum atomic E-state index is 5.56.